The monoisotopic (exact) mass is 386 g/mol. The first-order valence-electron chi connectivity index (χ1n) is 8.61. The minimum Gasteiger partial charge on any atom is -0.452 e. The Hall–Kier alpha value is -2.86. The standard InChI is InChI=1S/C20H19ClN2O4/c21-16-4-1-2-5-17(16)22-18(24)13-27-20(26)15-9-7-14(8-10-15)12-23-11-3-6-19(23)25/h1-2,4-5,7-10H,3,6,11-13H2,(H,22,24). The van der Waals surface area contributed by atoms with Gasteiger partial charge in [-0.3, -0.25) is 9.59 Å². The zero-order chi connectivity index (χ0) is 19.2. The highest BCUT2D eigenvalue weighted by Gasteiger charge is 2.20. The molecule has 27 heavy (non-hydrogen) atoms. The molecule has 1 saturated heterocycles. The highest BCUT2D eigenvalue weighted by atomic mass is 35.5. The summed E-state index contributed by atoms with van der Waals surface area (Å²) in [6.45, 7) is 0.895. The molecule has 0 saturated carbocycles. The smallest absolute Gasteiger partial charge is 0.338 e. The van der Waals surface area contributed by atoms with Crippen molar-refractivity contribution >= 4 is 35.1 Å². The number of carbonyl (C=O) groups excluding carboxylic acids is 3. The molecule has 0 aromatic heterocycles. The van der Waals surface area contributed by atoms with Crippen molar-refractivity contribution in [2.45, 2.75) is 19.4 Å². The molecule has 3 rings (SSSR count). The lowest BCUT2D eigenvalue weighted by Gasteiger charge is -2.15. The number of halogens is 1. The average Bonchev–Trinajstić information content (AvgIpc) is 3.07. The maximum absolute atomic E-state index is 12.1. The van der Waals surface area contributed by atoms with Gasteiger partial charge in [0.15, 0.2) is 6.61 Å². The summed E-state index contributed by atoms with van der Waals surface area (Å²) in [5.41, 5.74) is 1.75. The van der Waals surface area contributed by atoms with Gasteiger partial charge in [0.1, 0.15) is 0 Å². The normalized spacial score (nSPS) is 13.5. The van der Waals surface area contributed by atoms with Crippen molar-refractivity contribution in [1.29, 1.82) is 0 Å². The molecule has 0 unspecified atom stereocenters. The lowest BCUT2D eigenvalue weighted by atomic mass is 10.1. The fraction of sp³-hybridized carbons (Fsp3) is 0.250. The van der Waals surface area contributed by atoms with Crippen LogP contribution in [0.2, 0.25) is 5.02 Å². The first kappa shape index (κ1) is 18.9. The van der Waals surface area contributed by atoms with Crippen molar-refractivity contribution in [2.75, 3.05) is 18.5 Å². The third-order valence-electron chi connectivity index (χ3n) is 4.22. The lowest BCUT2D eigenvalue weighted by molar-refractivity contribution is -0.128. The molecule has 0 bridgehead atoms. The van der Waals surface area contributed by atoms with Gasteiger partial charge in [0, 0.05) is 19.5 Å². The fourth-order valence-electron chi connectivity index (χ4n) is 2.80. The maximum Gasteiger partial charge on any atom is 0.338 e. The van der Waals surface area contributed by atoms with E-state index >= 15 is 0 Å². The predicted molar refractivity (Wildman–Crippen MR) is 101 cm³/mol. The molecule has 1 fully saturated rings. The van der Waals surface area contributed by atoms with Crippen molar-refractivity contribution in [3.05, 3.63) is 64.7 Å². The van der Waals surface area contributed by atoms with E-state index in [0.717, 1.165) is 18.5 Å². The second-order valence-corrected chi connectivity index (χ2v) is 6.63. The van der Waals surface area contributed by atoms with Gasteiger partial charge in [0.2, 0.25) is 5.91 Å². The van der Waals surface area contributed by atoms with Crippen LogP contribution in [0.15, 0.2) is 48.5 Å². The van der Waals surface area contributed by atoms with E-state index in [1.807, 2.05) is 0 Å². The van der Waals surface area contributed by atoms with Crippen LogP contribution in [0.4, 0.5) is 5.69 Å². The van der Waals surface area contributed by atoms with E-state index in [1.165, 1.54) is 0 Å². The number of anilines is 1. The Morgan fingerprint density at radius 1 is 1.11 bits per heavy atom. The van der Waals surface area contributed by atoms with Gasteiger partial charge in [0.05, 0.1) is 16.3 Å². The SMILES string of the molecule is O=C(COC(=O)c1ccc(CN2CCCC2=O)cc1)Nc1ccccc1Cl. The van der Waals surface area contributed by atoms with Crippen LogP contribution in [0.1, 0.15) is 28.8 Å². The molecule has 140 valence electrons. The number of nitrogens with one attached hydrogen (secondary N) is 1. The second kappa shape index (κ2) is 8.68. The molecule has 2 amide bonds. The van der Waals surface area contributed by atoms with Crippen molar-refractivity contribution in [3.8, 4) is 0 Å². The van der Waals surface area contributed by atoms with Gasteiger partial charge in [-0.25, -0.2) is 4.79 Å². The number of nitrogens with zero attached hydrogens (tertiary/aromatic N) is 1. The number of benzene rings is 2. The van der Waals surface area contributed by atoms with Gasteiger partial charge in [-0.1, -0.05) is 35.9 Å². The summed E-state index contributed by atoms with van der Waals surface area (Å²) in [6.07, 6.45) is 1.49. The third-order valence-corrected chi connectivity index (χ3v) is 4.55. The van der Waals surface area contributed by atoms with Gasteiger partial charge in [-0.15, -0.1) is 0 Å². The molecule has 2 aromatic carbocycles. The molecular weight excluding hydrogens is 368 g/mol. The highest BCUT2D eigenvalue weighted by molar-refractivity contribution is 6.33. The summed E-state index contributed by atoms with van der Waals surface area (Å²) in [5, 5.41) is 2.99. The molecule has 7 heteroatoms. The Kier molecular flexibility index (Phi) is 6.08. The Labute approximate surface area is 162 Å². The molecular formula is C20H19ClN2O4. The van der Waals surface area contributed by atoms with Crippen LogP contribution < -0.4 is 5.32 Å². The van der Waals surface area contributed by atoms with Crippen LogP contribution >= 0.6 is 11.6 Å². The maximum atomic E-state index is 12.1. The van der Waals surface area contributed by atoms with E-state index in [4.69, 9.17) is 16.3 Å². The van der Waals surface area contributed by atoms with Crippen LogP contribution in [0.3, 0.4) is 0 Å². The minimum absolute atomic E-state index is 0.156. The summed E-state index contributed by atoms with van der Waals surface area (Å²) in [7, 11) is 0. The van der Waals surface area contributed by atoms with E-state index in [1.54, 1.807) is 53.4 Å². The highest BCUT2D eigenvalue weighted by Crippen LogP contribution is 2.20. The largest absolute Gasteiger partial charge is 0.452 e. The Morgan fingerprint density at radius 2 is 1.85 bits per heavy atom. The number of ether oxygens (including phenoxy) is 1. The van der Waals surface area contributed by atoms with Crippen molar-refractivity contribution < 1.29 is 19.1 Å². The first-order chi connectivity index (χ1) is 13.0. The summed E-state index contributed by atoms with van der Waals surface area (Å²) >= 11 is 5.96. The number of likely N-dealkylation sites (tertiary alicyclic amines) is 1. The van der Waals surface area contributed by atoms with E-state index < -0.39 is 18.5 Å². The summed E-state index contributed by atoms with van der Waals surface area (Å²) in [5.74, 6) is -0.906. The van der Waals surface area contributed by atoms with Crippen LogP contribution in [0.25, 0.3) is 0 Å². The zero-order valence-electron chi connectivity index (χ0n) is 14.6. The number of hydrogen-bond acceptors (Lipinski definition) is 4. The number of para-hydroxylation sites is 1. The second-order valence-electron chi connectivity index (χ2n) is 6.22. The number of carbonyl (C=O) groups is 3. The van der Waals surface area contributed by atoms with E-state index in [0.29, 0.717) is 29.2 Å². The number of esters is 1. The topological polar surface area (TPSA) is 75.7 Å². The zero-order valence-corrected chi connectivity index (χ0v) is 15.4. The number of hydrogen-bond donors (Lipinski definition) is 1. The first-order valence-corrected chi connectivity index (χ1v) is 8.99. The summed E-state index contributed by atoms with van der Waals surface area (Å²) in [6, 6.07) is 13.6. The molecule has 2 aromatic rings. The third kappa shape index (κ3) is 5.08. The molecule has 1 aliphatic rings. The van der Waals surface area contributed by atoms with E-state index in [-0.39, 0.29) is 5.91 Å². The van der Waals surface area contributed by atoms with Gasteiger partial charge < -0.3 is 15.0 Å². The van der Waals surface area contributed by atoms with Gasteiger partial charge in [-0.2, -0.15) is 0 Å². The van der Waals surface area contributed by atoms with Crippen LogP contribution in [-0.2, 0) is 20.9 Å². The molecule has 0 atom stereocenters. The van der Waals surface area contributed by atoms with Crippen LogP contribution in [0, 0.1) is 0 Å². The molecule has 0 radical (unpaired) electrons. The van der Waals surface area contributed by atoms with Crippen LogP contribution in [0.5, 0.6) is 0 Å². The Balaban J connectivity index is 1.49. The lowest BCUT2D eigenvalue weighted by Crippen LogP contribution is -2.23. The minimum atomic E-state index is -0.590. The molecule has 6 nitrogen and oxygen atoms in total. The molecule has 1 heterocycles. The molecule has 1 N–H and O–H groups in total. The molecule has 0 spiro atoms. The van der Waals surface area contributed by atoms with E-state index in [2.05, 4.69) is 5.32 Å². The van der Waals surface area contributed by atoms with Crippen molar-refractivity contribution in [1.82, 2.24) is 4.90 Å². The summed E-state index contributed by atoms with van der Waals surface area (Å²) < 4.78 is 5.03. The molecule has 0 aliphatic carbocycles. The van der Waals surface area contributed by atoms with Gasteiger partial charge >= 0.3 is 5.97 Å². The Morgan fingerprint density at radius 3 is 2.52 bits per heavy atom. The Bertz CT molecular complexity index is 851. The molecule has 1 aliphatic heterocycles. The summed E-state index contributed by atoms with van der Waals surface area (Å²) in [4.78, 5) is 37.4. The van der Waals surface area contributed by atoms with E-state index in [9.17, 15) is 14.4 Å². The quantitative estimate of drug-likeness (QED) is 0.773. The van der Waals surface area contributed by atoms with Gasteiger partial charge in [0.25, 0.3) is 5.91 Å². The fourth-order valence-corrected chi connectivity index (χ4v) is 2.98. The van der Waals surface area contributed by atoms with Crippen LogP contribution in [-0.4, -0.2) is 35.8 Å². The van der Waals surface area contributed by atoms with Gasteiger partial charge in [-0.05, 0) is 36.2 Å². The number of rotatable bonds is 6. The predicted octanol–water partition coefficient (Wildman–Crippen LogP) is 3.26. The average molecular weight is 387 g/mol. The van der Waals surface area contributed by atoms with Crippen molar-refractivity contribution in [3.63, 3.8) is 0 Å². The van der Waals surface area contributed by atoms with Crippen molar-refractivity contribution in [2.24, 2.45) is 0 Å². The number of amides is 2.